The summed E-state index contributed by atoms with van der Waals surface area (Å²) in [6.07, 6.45) is 1.70. The fourth-order valence-electron chi connectivity index (χ4n) is 3.56. The standard InChI is InChI=1S/C20H22ClF4N3O2/c1-10(18(22)23)27-13-2-4-14(5-3-13)28-19(29)12-6-11-7-15(21)17(30-20(24)25)8-16(11)26-9-12/h6-10,13-14,18,20,27H,2-5H2,1H3,(H,28,29)/t10-,13?,14?/m1/s1. The first-order valence-corrected chi connectivity index (χ1v) is 10.00. The summed E-state index contributed by atoms with van der Waals surface area (Å²) in [5, 5.41) is 6.37. The summed E-state index contributed by atoms with van der Waals surface area (Å²) in [5.41, 5.74) is 0.680. The van der Waals surface area contributed by atoms with Gasteiger partial charge in [0.05, 0.1) is 22.1 Å². The van der Waals surface area contributed by atoms with Gasteiger partial charge >= 0.3 is 6.61 Å². The lowest BCUT2D eigenvalue weighted by Gasteiger charge is -2.31. The second-order valence-corrected chi connectivity index (χ2v) is 7.80. The zero-order valence-corrected chi connectivity index (χ0v) is 16.9. The Morgan fingerprint density at radius 2 is 1.80 bits per heavy atom. The molecule has 2 N–H and O–H groups in total. The number of hydrogen-bond acceptors (Lipinski definition) is 4. The van der Waals surface area contributed by atoms with E-state index in [0.717, 1.165) is 0 Å². The quantitative estimate of drug-likeness (QED) is 0.600. The van der Waals surface area contributed by atoms with Crippen LogP contribution in [0.3, 0.4) is 0 Å². The van der Waals surface area contributed by atoms with Crippen molar-refractivity contribution in [1.82, 2.24) is 15.6 Å². The van der Waals surface area contributed by atoms with E-state index in [0.29, 0.717) is 42.1 Å². The summed E-state index contributed by atoms with van der Waals surface area (Å²) < 4.78 is 54.5. The largest absolute Gasteiger partial charge is 0.433 e. The van der Waals surface area contributed by atoms with Gasteiger partial charge in [-0.15, -0.1) is 0 Å². The summed E-state index contributed by atoms with van der Waals surface area (Å²) in [4.78, 5) is 16.7. The summed E-state index contributed by atoms with van der Waals surface area (Å²) in [6, 6.07) is 3.38. The molecule has 1 aromatic carbocycles. The smallest absolute Gasteiger partial charge is 0.387 e. The molecule has 0 aliphatic heterocycles. The number of aromatic nitrogens is 1. The number of fused-ring (bicyclic) bond motifs is 1. The zero-order valence-electron chi connectivity index (χ0n) is 16.2. The van der Waals surface area contributed by atoms with Gasteiger partial charge in [-0.3, -0.25) is 9.78 Å². The molecule has 10 heteroatoms. The molecule has 1 heterocycles. The Morgan fingerprint density at radius 3 is 2.43 bits per heavy atom. The number of halogens is 5. The van der Waals surface area contributed by atoms with Crippen LogP contribution in [0.4, 0.5) is 17.6 Å². The van der Waals surface area contributed by atoms with Crippen LogP contribution in [0.5, 0.6) is 5.75 Å². The Balaban J connectivity index is 1.60. The molecule has 0 bridgehead atoms. The molecular formula is C20H22ClF4N3O2. The molecule has 1 fully saturated rings. The monoisotopic (exact) mass is 447 g/mol. The molecule has 2 aromatic rings. The van der Waals surface area contributed by atoms with E-state index >= 15 is 0 Å². The SMILES string of the molecule is C[C@@H](NC1CCC(NC(=O)c2cnc3cc(OC(F)F)c(Cl)cc3c2)CC1)C(F)F. The predicted molar refractivity (Wildman–Crippen MR) is 105 cm³/mol. The van der Waals surface area contributed by atoms with Gasteiger partial charge in [0.25, 0.3) is 12.3 Å². The molecule has 164 valence electrons. The van der Waals surface area contributed by atoms with Crippen LogP contribution >= 0.6 is 11.6 Å². The van der Waals surface area contributed by atoms with E-state index in [2.05, 4.69) is 20.4 Å². The minimum Gasteiger partial charge on any atom is -0.433 e. The number of alkyl halides is 4. The minimum atomic E-state index is -3.01. The van der Waals surface area contributed by atoms with Crippen molar-refractivity contribution in [1.29, 1.82) is 0 Å². The number of hydrogen-bond donors (Lipinski definition) is 2. The number of carbonyl (C=O) groups is 1. The Bertz CT molecular complexity index is 892. The van der Waals surface area contributed by atoms with Gasteiger partial charge in [0.15, 0.2) is 0 Å². The molecule has 0 saturated heterocycles. The van der Waals surface area contributed by atoms with Gasteiger partial charge in [0, 0.05) is 29.7 Å². The summed E-state index contributed by atoms with van der Waals surface area (Å²) in [7, 11) is 0. The molecule has 1 atom stereocenters. The van der Waals surface area contributed by atoms with Gasteiger partial charge in [-0.1, -0.05) is 11.6 Å². The van der Waals surface area contributed by atoms with Crippen molar-refractivity contribution in [2.75, 3.05) is 0 Å². The Hall–Kier alpha value is -2.13. The third-order valence-electron chi connectivity index (χ3n) is 5.15. The Morgan fingerprint density at radius 1 is 1.13 bits per heavy atom. The summed E-state index contributed by atoms with van der Waals surface area (Å²) in [5.74, 6) is -0.499. The predicted octanol–water partition coefficient (Wildman–Crippen LogP) is 4.77. The van der Waals surface area contributed by atoms with E-state index < -0.39 is 19.1 Å². The molecule has 0 spiro atoms. The zero-order chi connectivity index (χ0) is 21.8. The van der Waals surface area contributed by atoms with Gasteiger partial charge in [-0.2, -0.15) is 8.78 Å². The maximum atomic E-state index is 12.7. The number of nitrogens with zero attached hydrogens (tertiary/aromatic N) is 1. The van der Waals surface area contributed by atoms with E-state index in [9.17, 15) is 22.4 Å². The molecule has 1 aliphatic rings. The first kappa shape index (κ1) is 22.6. The summed E-state index contributed by atoms with van der Waals surface area (Å²) >= 11 is 5.96. The van der Waals surface area contributed by atoms with Gasteiger partial charge < -0.3 is 15.4 Å². The molecule has 1 aromatic heterocycles. The first-order valence-electron chi connectivity index (χ1n) is 9.62. The fraction of sp³-hybridized carbons (Fsp3) is 0.500. The van der Waals surface area contributed by atoms with Crippen molar-refractivity contribution >= 4 is 28.4 Å². The van der Waals surface area contributed by atoms with Gasteiger partial charge in [0.1, 0.15) is 5.75 Å². The number of amides is 1. The molecule has 5 nitrogen and oxygen atoms in total. The Kier molecular flexibility index (Phi) is 7.36. The van der Waals surface area contributed by atoms with Crippen LogP contribution in [-0.4, -0.2) is 42.1 Å². The number of pyridine rings is 1. The van der Waals surface area contributed by atoms with Crippen LogP contribution in [0.25, 0.3) is 10.9 Å². The lowest BCUT2D eigenvalue weighted by Crippen LogP contribution is -2.46. The minimum absolute atomic E-state index is 0.00833. The molecule has 0 unspecified atom stereocenters. The van der Waals surface area contributed by atoms with Crippen LogP contribution in [0.2, 0.25) is 5.02 Å². The van der Waals surface area contributed by atoms with E-state index in [1.165, 1.54) is 25.3 Å². The van der Waals surface area contributed by atoms with Crippen LogP contribution in [0.1, 0.15) is 43.0 Å². The second kappa shape index (κ2) is 9.78. The molecule has 1 amide bonds. The summed E-state index contributed by atoms with van der Waals surface area (Å²) in [6.45, 7) is -1.55. The van der Waals surface area contributed by atoms with Crippen molar-refractivity contribution in [2.45, 2.75) is 63.8 Å². The molecule has 1 saturated carbocycles. The third kappa shape index (κ3) is 5.72. The Labute approximate surface area is 176 Å². The molecule has 0 radical (unpaired) electrons. The maximum Gasteiger partial charge on any atom is 0.387 e. The van der Waals surface area contributed by atoms with E-state index in [4.69, 9.17) is 11.6 Å². The van der Waals surface area contributed by atoms with Crippen LogP contribution in [-0.2, 0) is 0 Å². The van der Waals surface area contributed by atoms with Crippen molar-refractivity contribution in [3.05, 3.63) is 35.0 Å². The van der Waals surface area contributed by atoms with Crippen LogP contribution in [0, 0.1) is 0 Å². The highest BCUT2D eigenvalue weighted by molar-refractivity contribution is 6.32. The van der Waals surface area contributed by atoms with E-state index in [1.807, 2.05) is 0 Å². The van der Waals surface area contributed by atoms with Crippen molar-refractivity contribution in [2.24, 2.45) is 0 Å². The third-order valence-corrected chi connectivity index (χ3v) is 5.45. The second-order valence-electron chi connectivity index (χ2n) is 7.39. The normalized spacial score (nSPS) is 20.5. The molecule has 30 heavy (non-hydrogen) atoms. The number of rotatable bonds is 7. The number of carbonyl (C=O) groups excluding carboxylic acids is 1. The van der Waals surface area contributed by atoms with E-state index in [-0.39, 0.29) is 28.8 Å². The van der Waals surface area contributed by atoms with Crippen LogP contribution < -0.4 is 15.4 Å². The average molecular weight is 448 g/mol. The lowest BCUT2D eigenvalue weighted by molar-refractivity contribution is -0.0497. The fourth-order valence-corrected chi connectivity index (χ4v) is 3.77. The van der Waals surface area contributed by atoms with Gasteiger partial charge in [-0.05, 0) is 44.7 Å². The number of nitrogens with one attached hydrogen (secondary N) is 2. The van der Waals surface area contributed by atoms with Crippen molar-refractivity contribution < 1.29 is 27.1 Å². The van der Waals surface area contributed by atoms with Crippen molar-refractivity contribution in [3.8, 4) is 5.75 Å². The number of benzene rings is 1. The first-order chi connectivity index (χ1) is 14.2. The topological polar surface area (TPSA) is 63.2 Å². The maximum absolute atomic E-state index is 12.7. The highest BCUT2D eigenvalue weighted by Crippen LogP contribution is 2.31. The van der Waals surface area contributed by atoms with Gasteiger partial charge in [0.2, 0.25) is 0 Å². The average Bonchev–Trinajstić information content (AvgIpc) is 2.69. The van der Waals surface area contributed by atoms with Gasteiger partial charge in [-0.25, -0.2) is 8.78 Å². The highest BCUT2D eigenvalue weighted by Gasteiger charge is 2.26. The van der Waals surface area contributed by atoms with Crippen molar-refractivity contribution in [3.63, 3.8) is 0 Å². The molecular weight excluding hydrogens is 426 g/mol. The molecule has 3 rings (SSSR count). The molecule has 1 aliphatic carbocycles. The van der Waals surface area contributed by atoms with Crippen LogP contribution in [0.15, 0.2) is 24.4 Å². The highest BCUT2D eigenvalue weighted by atomic mass is 35.5. The number of ether oxygens (including phenoxy) is 1. The van der Waals surface area contributed by atoms with E-state index in [1.54, 1.807) is 6.07 Å². The lowest BCUT2D eigenvalue weighted by atomic mass is 9.90.